The second kappa shape index (κ2) is 5.57. The Morgan fingerprint density at radius 1 is 1.15 bits per heavy atom. The van der Waals surface area contributed by atoms with Gasteiger partial charge in [-0.25, -0.2) is 4.39 Å². The predicted octanol–water partition coefficient (Wildman–Crippen LogP) is 5.25. The molecular weight excluding hydrogens is 317 g/mol. The molecule has 0 saturated heterocycles. The second-order valence-corrected chi connectivity index (χ2v) is 6.39. The van der Waals surface area contributed by atoms with Crippen LogP contribution in [0.2, 0.25) is 0 Å². The van der Waals surface area contributed by atoms with E-state index in [0.717, 1.165) is 23.0 Å². The molecule has 0 radical (unpaired) electrons. The summed E-state index contributed by atoms with van der Waals surface area (Å²) in [7, 11) is 0. The average molecular weight is 334 g/mol. The van der Waals surface area contributed by atoms with Crippen molar-refractivity contribution in [1.82, 2.24) is 0 Å². The molecule has 2 aromatic carbocycles. The van der Waals surface area contributed by atoms with E-state index in [4.69, 9.17) is 0 Å². The summed E-state index contributed by atoms with van der Waals surface area (Å²) in [5.41, 5.74) is 3.01. The maximum absolute atomic E-state index is 13.5. The van der Waals surface area contributed by atoms with Crippen LogP contribution in [0.15, 0.2) is 46.9 Å². The van der Waals surface area contributed by atoms with Crippen molar-refractivity contribution in [3.63, 3.8) is 0 Å². The molecule has 0 amide bonds. The molecule has 0 spiro atoms. The van der Waals surface area contributed by atoms with Gasteiger partial charge >= 0.3 is 0 Å². The molecule has 0 aliphatic heterocycles. The number of rotatable bonds is 3. The molecule has 0 heterocycles. The van der Waals surface area contributed by atoms with Crippen LogP contribution in [0.1, 0.15) is 29.9 Å². The molecule has 0 unspecified atom stereocenters. The fourth-order valence-corrected chi connectivity index (χ4v) is 3.17. The first kappa shape index (κ1) is 13.6. The number of hydrogen-bond donors (Lipinski definition) is 1. The molecule has 3 rings (SSSR count). The molecule has 1 aliphatic carbocycles. The van der Waals surface area contributed by atoms with E-state index < -0.39 is 0 Å². The van der Waals surface area contributed by atoms with Gasteiger partial charge in [-0.1, -0.05) is 34.1 Å². The molecule has 0 bridgehead atoms. The van der Waals surface area contributed by atoms with Gasteiger partial charge < -0.3 is 5.32 Å². The Kier molecular flexibility index (Phi) is 3.79. The molecule has 0 atom stereocenters. The number of halogens is 2. The number of nitrogens with one attached hydrogen (secondary N) is 1. The summed E-state index contributed by atoms with van der Waals surface area (Å²) in [5, 5.41) is 3.45. The van der Waals surface area contributed by atoms with Crippen LogP contribution in [-0.2, 0) is 0 Å². The van der Waals surface area contributed by atoms with E-state index in [2.05, 4.69) is 39.4 Å². The molecule has 1 aliphatic rings. The van der Waals surface area contributed by atoms with E-state index in [1.807, 2.05) is 19.1 Å². The lowest BCUT2D eigenvalue weighted by atomic mass is 9.76. The van der Waals surface area contributed by atoms with Crippen molar-refractivity contribution in [1.29, 1.82) is 0 Å². The van der Waals surface area contributed by atoms with Crippen molar-refractivity contribution in [2.45, 2.75) is 31.7 Å². The van der Waals surface area contributed by atoms with E-state index in [0.29, 0.717) is 17.5 Å². The Balaban J connectivity index is 1.62. The van der Waals surface area contributed by atoms with Crippen molar-refractivity contribution >= 4 is 21.6 Å². The zero-order valence-corrected chi connectivity index (χ0v) is 13.0. The quantitative estimate of drug-likeness (QED) is 0.808. The third-order valence-electron chi connectivity index (χ3n) is 4.09. The molecule has 20 heavy (non-hydrogen) atoms. The lowest BCUT2D eigenvalue weighted by Crippen LogP contribution is -2.34. The van der Waals surface area contributed by atoms with Crippen LogP contribution in [0.3, 0.4) is 0 Å². The van der Waals surface area contributed by atoms with Gasteiger partial charge in [0.1, 0.15) is 5.82 Å². The van der Waals surface area contributed by atoms with Gasteiger partial charge in [0.2, 0.25) is 0 Å². The Labute approximate surface area is 127 Å². The molecule has 104 valence electrons. The van der Waals surface area contributed by atoms with Crippen molar-refractivity contribution < 1.29 is 4.39 Å². The maximum atomic E-state index is 13.5. The van der Waals surface area contributed by atoms with Crippen molar-refractivity contribution in [3.8, 4) is 0 Å². The van der Waals surface area contributed by atoms with Crippen LogP contribution in [0.4, 0.5) is 10.1 Å². The third-order valence-corrected chi connectivity index (χ3v) is 4.58. The summed E-state index contributed by atoms with van der Waals surface area (Å²) < 4.78 is 14.6. The minimum atomic E-state index is -0.141. The molecule has 0 aromatic heterocycles. The lowest BCUT2D eigenvalue weighted by Gasteiger charge is -2.37. The second-order valence-electron chi connectivity index (χ2n) is 5.48. The largest absolute Gasteiger partial charge is 0.382 e. The summed E-state index contributed by atoms with van der Waals surface area (Å²) in [6, 6.07) is 14.2. The van der Waals surface area contributed by atoms with Gasteiger partial charge in [-0.05, 0) is 55.5 Å². The van der Waals surface area contributed by atoms with Gasteiger partial charge in [0.25, 0.3) is 0 Å². The highest BCUT2D eigenvalue weighted by Crippen LogP contribution is 2.39. The molecule has 2 aromatic rings. The first-order valence-corrected chi connectivity index (χ1v) is 7.70. The first-order chi connectivity index (χ1) is 9.63. The SMILES string of the molecule is Cc1c(F)cccc1NC1CC(c2cccc(Br)c2)C1. The van der Waals surface area contributed by atoms with Gasteiger partial charge in [0.05, 0.1) is 0 Å². The summed E-state index contributed by atoms with van der Waals surface area (Å²) >= 11 is 3.51. The van der Waals surface area contributed by atoms with Crippen molar-refractivity contribution in [2.24, 2.45) is 0 Å². The van der Waals surface area contributed by atoms with Crippen LogP contribution in [0.25, 0.3) is 0 Å². The van der Waals surface area contributed by atoms with Crippen LogP contribution in [-0.4, -0.2) is 6.04 Å². The molecule has 1 saturated carbocycles. The number of anilines is 1. The normalized spacial score (nSPS) is 21.4. The topological polar surface area (TPSA) is 12.0 Å². The summed E-state index contributed by atoms with van der Waals surface area (Å²) in [5.74, 6) is 0.469. The van der Waals surface area contributed by atoms with Gasteiger partial charge in [-0.2, -0.15) is 0 Å². The lowest BCUT2D eigenvalue weighted by molar-refractivity contribution is 0.374. The average Bonchev–Trinajstić information content (AvgIpc) is 2.38. The van der Waals surface area contributed by atoms with Gasteiger partial charge in [-0.15, -0.1) is 0 Å². The summed E-state index contributed by atoms with van der Waals surface area (Å²) in [4.78, 5) is 0. The highest BCUT2D eigenvalue weighted by atomic mass is 79.9. The third kappa shape index (κ3) is 2.73. The van der Waals surface area contributed by atoms with E-state index in [9.17, 15) is 4.39 Å². The van der Waals surface area contributed by atoms with Crippen molar-refractivity contribution in [2.75, 3.05) is 5.32 Å². The first-order valence-electron chi connectivity index (χ1n) is 6.90. The van der Waals surface area contributed by atoms with E-state index in [1.54, 1.807) is 6.07 Å². The molecule has 1 N–H and O–H groups in total. The predicted molar refractivity (Wildman–Crippen MR) is 84.7 cm³/mol. The summed E-state index contributed by atoms with van der Waals surface area (Å²) in [6.07, 6.45) is 2.21. The van der Waals surface area contributed by atoms with Crippen LogP contribution >= 0.6 is 15.9 Å². The van der Waals surface area contributed by atoms with E-state index >= 15 is 0 Å². The van der Waals surface area contributed by atoms with Crippen LogP contribution in [0.5, 0.6) is 0 Å². The Bertz CT molecular complexity index is 620. The maximum Gasteiger partial charge on any atom is 0.128 e. The molecular formula is C17H17BrFN. The number of benzene rings is 2. The highest BCUT2D eigenvalue weighted by molar-refractivity contribution is 9.10. The highest BCUT2D eigenvalue weighted by Gasteiger charge is 2.30. The summed E-state index contributed by atoms with van der Waals surface area (Å²) in [6.45, 7) is 1.82. The monoisotopic (exact) mass is 333 g/mol. The Morgan fingerprint density at radius 2 is 1.90 bits per heavy atom. The van der Waals surface area contributed by atoms with Crippen LogP contribution < -0.4 is 5.32 Å². The standard InChI is InChI=1S/C17H17BrFN/c1-11-16(19)6-3-7-17(11)20-15-9-13(10-15)12-4-2-5-14(18)8-12/h2-8,13,15,20H,9-10H2,1H3. The zero-order valence-electron chi connectivity index (χ0n) is 11.4. The number of hydrogen-bond acceptors (Lipinski definition) is 1. The minimum Gasteiger partial charge on any atom is -0.382 e. The fourth-order valence-electron chi connectivity index (χ4n) is 2.75. The van der Waals surface area contributed by atoms with Crippen LogP contribution in [0, 0.1) is 12.7 Å². The van der Waals surface area contributed by atoms with Gasteiger partial charge in [0.15, 0.2) is 0 Å². The van der Waals surface area contributed by atoms with Crippen molar-refractivity contribution in [3.05, 3.63) is 63.9 Å². The molecule has 3 heteroatoms. The van der Waals surface area contributed by atoms with Gasteiger partial charge in [0, 0.05) is 21.8 Å². The Morgan fingerprint density at radius 3 is 2.65 bits per heavy atom. The smallest absolute Gasteiger partial charge is 0.128 e. The Hall–Kier alpha value is -1.35. The molecule has 1 fully saturated rings. The minimum absolute atomic E-state index is 0.141. The van der Waals surface area contributed by atoms with E-state index in [-0.39, 0.29) is 5.82 Å². The molecule has 1 nitrogen and oxygen atoms in total. The van der Waals surface area contributed by atoms with E-state index in [1.165, 1.54) is 11.6 Å². The zero-order chi connectivity index (χ0) is 14.1. The fraction of sp³-hybridized carbons (Fsp3) is 0.294. The van der Waals surface area contributed by atoms with Gasteiger partial charge in [-0.3, -0.25) is 0 Å².